The van der Waals surface area contributed by atoms with Crippen LogP contribution in [-0.2, 0) is 6.54 Å². The molecule has 0 aliphatic heterocycles. The van der Waals surface area contributed by atoms with Crippen LogP contribution >= 0.6 is 0 Å². The lowest BCUT2D eigenvalue weighted by Crippen LogP contribution is -2.46. The van der Waals surface area contributed by atoms with Crippen LogP contribution in [-0.4, -0.2) is 24.0 Å². The number of hydrogen-bond acceptors (Lipinski definition) is 3. The summed E-state index contributed by atoms with van der Waals surface area (Å²) < 4.78 is 5.30. The second-order valence-corrected chi connectivity index (χ2v) is 5.24. The number of likely N-dealkylation sites (N-methyl/N-ethyl adjacent to an activating group) is 1. The summed E-state index contributed by atoms with van der Waals surface area (Å²) in [6.07, 6.45) is 6.67. The van der Waals surface area contributed by atoms with E-state index in [1.54, 1.807) is 6.26 Å². The molecule has 1 aliphatic carbocycles. The minimum absolute atomic E-state index is 0.0480. The second-order valence-electron chi connectivity index (χ2n) is 5.24. The van der Waals surface area contributed by atoms with Gasteiger partial charge in [0.15, 0.2) is 0 Å². The van der Waals surface area contributed by atoms with Crippen LogP contribution in [0.3, 0.4) is 0 Å². The Kier molecular flexibility index (Phi) is 3.36. The van der Waals surface area contributed by atoms with Crippen molar-refractivity contribution in [2.75, 3.05) is 13.6 Å². The van der Waals surface area contributed by atoms with Crippen LogP contribution in [0.4, 0.5) is 0 Å². The highest BCUT2D eigenvalue weighted by Gasteiger charge is 2.30. The van der Waals surface area contributed by atoms with Crippen molar-refractivity contribution in [1.82, 2.24) is 4.90 Å². The number of furan rings is 1. The van der Waals surface area contributed by atoms with E-state index in [2.05, 4.69) is 11.9 Å². The van der Waals surface area contributed by atoms with Gasteiger partial charge in [-0.1, -0.05) is 12.8 Å². The quantitative estimate of drug-likeness (QED) is 0.850. The van der Waals surface area contributed by atoms with Crippen molar-refractivity contribution in [1.29, 1.82) is 0 Å². The van der Waals surface area contributed by atoms with Crippen molar-refractivity contribution < 1.29 is 4.42 Å². The molecule has 90 valence electrons. The number of aryl methyl sites for hydroxylation is 1. The van der Waals surface area contributed by atoms with Gasteiger partial charge in [-0.3, -0.25) is 0 Å². The normalized spacial score (nSPS) is 19.5. The van der Waals surface area contributed by atoms with E-state index in [0.717, 1.165) is 18.8 Å². The van der Waals surface area contributed by atoms with E-state index in [1.165, 1.54) is 31.2 Å². The highest BCUT2D eigenvalue weighted by atomic mass is 16.3. The summed E-state index contributed by atoms with van der Waals surface area (Å²) in [7, 11) is 2.14. The average molecular weight is 222 g/mol. The zero-order valence-corrected chi connectivity index (χ0v) is 10.3. The van der Waals surface area contributed by atoms with Gasteiger partial charge >= 0.3 is 0 Å². The van der Waals surface area contributed by atoms with Gasteiger partial charge in [0.25, 0.3) is 0 Å². The Bertz CT molecular complexity index is 339. The molecule has 1 saturated carbocycles. The smallest absolute Gasteiger partial charge is 0.105 e. The molecule has 2 rings (SSSR count). The molecule has 0 atom stereocenters. The van der Waals surface area contributed by atoms with E-state index in [4.69, 9.17) is 10.2 Å². The molecule has 16 heavy (non-hydrogen) atoms. The van der Waals surface area contributed by atoms with E-state index in [0.29, 0.717) is 0 Å². The van der Waals surface area contributed by atoms with Gasteiger partial charge in [0, 0.05) is 24.2 Å². The molecule has 0 radical (unpaired) electrons. The lowest BCUT2D eigenvalue weighted by atomic mass is 9.98. The summed E-state index contributed by atoms with van der Waals surface area (Å²) in [4.78, 5) is 2.31. The third-order valence-corrected chi connectivity index (χ3v) is 3.59. The molecule has 0 amide bonds. The Labute approximate surface area is 97.6 Å². The highest BCUT2D eigenvalue weighted by Crippen LogP contribution is 2.28. The van der Waals surface area contributed by atoms with Gasteiger partial charge in [0.2, 0.25) is 0 Å². The van der Waals surface area contributed by atoms with Gasteiger partial charge in [0.05, 0.1) is 6.26 Å². The fourth-order valence-corrected chi connectivity index (χ4v) is 2.70. The second kappa shape index (κ2) is 4.60. The number of hydrogen-bond donors (Lipinski definition) is 1. The first-order valence-electron chi connectivity index (χ1n) is 6.09. The third-order valence-electron chi connectivity index (χ3n) is 3.59. The largest absolute Gasteiger partial charge is 0.469 e. The average Bonchev–Trinajstić information content (AvgIpc) is 2.77. The maximum Gasteiger partial charge on any atom is 0.105 e. The standard InChI is InChI=1S/C13H22N2O/c1-11-12(5-8-16-11)9-15(2)10-13(14)6-3-4-7-13/h5,8H,3-4,6-7,9-10,14H2,1-2H3. The first-order valence-corrected chi connectivity index (χ1v) is 6.09. The van der Waals surface area contributed by atoms with Crippen molar-refractivity contribution >= 4 is 0 Å². The molecule has 0 spiro atoms. The van der Waals surface area contributed by atoms with Crippen molar-refractivity contribution in [2.24, 2.45) is 5.73 Å². The topological polar surface area (TPSA) is 42.4 Å². The maximum atomic E-state index is 6.36. The van der Waals surface area contributed by atoms with Crippen LogP contribution in [0.2, 0.25) is 0 Å². The molecule has 0 bridgehead atoms. The van der Waals surface area contributed by atoms with Gasteiger partial charge in [-0.2, -0.15) is 0 Å². The lowest BCUT2D eigenvalue weighted by Gasteiger charge is -2.29. The van der Waals surface area contributed by atoms with Crippen molar-refractivity contribution in [3.63, 3.8) is 0 Å². The monoisotopic (exact) mass is 222 g/mol. The fraction of sp³-hybridized carbons (Fsp3) is 0.692. The summed E-state index contributed by atoms with van der Waals surface area (Å²) in [5.74, 6) is 1.02. The third kappa shape index (κ3) is 2.66. The molecule has 1 fully saturated rings. The van der Waals surface area contributed by atoms with Crippen LogP contribution < -0.4 is 5.73 Å². The van der Waals surface area contributed by atoms with Crippen molar-refractivity contribution in [3.05, 3.63) is 23.7 Å². The summed E-state index contributed by atoms with van der Waals surface area (Å²) in [5.41, 5.74) is 7.68. The minimum Gasteiger partial charge on any atom is -0.469 e. The van der Waals surface area contributed by atoms with Crippen molar-refractivity contribution in [2.45, 2.75) is 44.7 Å². The Morgan fingerprint density at radius 1 is 1.44 bits per heavy atom. The summed E-state index contributed by atoms with van der Waals surface area (Å²) in [6.45, 7) is 3.93. The molecule has 1 aromatic heterocycles. The highest BCUT2D eigenvalue weighted by molar-refractivity contribution is 5.15. The van der Waals surface area contributed by atoms with E-state index < -0.39 is 0 Å². The SMILES string of the molecule is Cc1occc1CN(C)CC1(N)CCCC1. The van der Waals surface area contributed by atoms with Gasteiger partial charge < -0.3 is 15.1 Å². The van der Waals surface area contributed by atoms with Gasteiger partial charge in [-0.15, -0.1) is 0 Å². The van der Waals surface area contributed by atoms with E-state index in [9.17, 15) is 0 Å². The molecule has 3 heteroatoms. The lowest BCUT2D eigenvalue weighted by molar-refractivity contribution is 0.240. The number of rotatable bonds is 4. The molecule has 2 N–H and O–H groups in total. The van der Waals surface area contributed by atoms with Crippen molar-refractivity contribution in [3.8, 4) is 0 Å². The molecule has 1 aliphatic rings. The summed E-state index contributed by atoms with van der Waals surface area (Å²) in [6, 6.07) is 2.05. The predicted molar refractivity (Wildman–Crippen MR) is 65.2 cm³/mol. The maximum absolute atomic E-state index is 6.36. The Balaban J connectivity index is 1.89. The fourth-order valence-electron chi connectivity index (χ4n) is 2.70. The van der Waals surface area contributed by atoms with Crippen LogP contribution in [0.1, 0.15) is 37.0 Å². The van der Waals surface area contributed by atoms with E-state index >= 15 is 0 Å². The van der Waals surface area contributed by atoms with Crippen LogP contribution in [0.5, 0.6) is 0 Å². The zero-order chi connectivity index (χ0) is 11.6. The van der Waals surface area contributed by atoms with Crippen LogP contribution in [0, 0.1) is 6.92 Å². The summed E-state index contributed by atoms with van der Waals surface area (Å²) >= 11 is 0. The van der Waals surface area contributed by atoms with Crippen LogP contribution in [0.15, 0.2) is 16.7 Å². The predicted octanol–water partition coefficient (Wildman–Crippen LogP) is 2.29. The van der Waals surface area contributed by atoms with Gasteiger partial charge in [0.1, 0.15) is 5.76 Å². The Hall–Kier alpha value is -0.800. The molecular weight excluding hydrogens is 200 g/mol. The molecule has 0 unspecified atom stereocenters. The molecule has 1 aromatic rings. The molecule has 3 nitrogen and oxygen atoms in total. The first kappa shape index (κ1) is 11.7. The van der Waals surface area contributed by atoms with E-state index in [-0.39, 0.29) is 5.54 Å². The van der Waals surface area contributed by atoms with E-state index in [1.807, 2.05) is 13.0 Å². The minimum atomic E-state index is 0.0480. The first-order chi connectivity index (χ1) is 7.59. The Morgan fingerprint density at radius 3 is 2.69 bits per heavy atom. The molecule has 0 saturated heterocycles. The van der Waals surface area contributed by atoms with Crippen LogP contribution in [0.25, 0.3) is 0 Å². The molecule has 0 aromatic carbocycles. The zero-order valence-electron chi connectivity index (χ0n) is 10.3. The molecular formula is C13H22N2O. The van der Waals surface area contributed by atoms with Gasteiger partial charge in [-0.05, 0) is 32.9 Å². The number of nitrogens with zero attached hydrogens (tertiary/aromatic N) is 1. The molecule has 1 heterocycles. The number of nitrogens with two attached hydrogens (primary N) is 1. The summed E-state index contributed by atoms with van der Waals surface area (Å²) in [5, 5.41) is 0. The Morgan fingerprint density at radius 2 is 2.12 bits per heavy atom. The van der Waals surface area contributed by atoms with Gasteiger partial charge in [-0.25, -0.2) is 0 Å².